The van der Waals surface area contributed by atoms with E-state index in [0.29, 0.717) is 17.9 Å². The molecule has 2 aliphatic heterocycles. The predicted octanol–water partition coefficient (Wildman–Crippen LogP) is 2.91. The summed E-state index contributed by atoms with van der Waals surface area (Å²) in [7, 11) is 0. The van der Waals surface area contributed by atoms with Crippen molar-refractivity contribution in [3.8, 4) is 0 Å². The Bertz CT molecular complexity index is 252. The van der Waals surface area contributed by atoms with E-state index in [-0.39, 0.29) is 0 Å². The second-order valence-electron chi connectivity index (χ2n) is 5.92. The van der Waals surface area contributed by atoms with E-state index in [4.69, 9.17) is 0 Å². The number of Topliss-reactive ketones (excluding diaryl/α,β-unsaturated/α-hetero) is 1. The van der Waals surface area contributed by atoms with Crippen molar-refractivity contribution in [2.75, 3.05) is 0 Å². The summed E-state index contributed by atoms with van der Waals surface area (Å²) in [6.07, 6.45) is 12.7. The second kappa shape index (κ2) is 4.48. The molecule has 0 spiro atoms. The molecule has 0 aromatic rings. The number of hydrogen-bond acceptors (Lipinski definition) is 2. The number of hydrogen-bond donors (Lipinski definition) is 0. The van der Waals surface area contributed by atoms with Gasteiger partial charge < -0.3 is 0 Å². The van der Waals surface area contributed by atoms with Crippen molar-refractivity contribution in [3.63, 3.8) is 0 Å². The average molecular weight is 221 g/mol. The zero-order valence-electron chi connectivity index (χ0n) is 10.2. The van der Waals surface area contributed by atoms with E-state index in [1.165, 1.54) is 51.4 Å². The highest BCUT2D eigenvalue weighted by Crippen LogP contribution is 2.38. The van der Waals surface area contributed by atoms with Gasteiger partial charge in [0.25, 0.3) is 0 Å². The SMILES string of the molecule is O=C1CC2CCC(C1)N2C1CCCCCC1. The second-order valence-corrected chi connectivity index (χ2v) is 5.92. The van der Waals surface area contributed by atoms with Crippen LogP contribution in [0.15, 0.2) is 0 Å². The van der Waals surface area contributed by atoms with E-state index in [2.05, 4.69) is 4.90 Å². The summed E-state index contributed by atoms with van der Waals surface area (Å²) >= 11 is 0. The predicted molar refractivity (Wildman–Crippen MR) is 64.4 cm³/mol. The maximum absolute atomic E-state index is 11.6. The van der Waals surface area contributed by atoms with Gasteiger partial charge in [-0.25, -0.2) is 0 Å². The highest BCUT2D eigenvalue weighted by atomic mass is 16.1. The molecule has 2 atom stereocenters. The lowest BCUT2D eigenvalue weighted by Gasteiger charge is -2.40. The Labute approximate surface area is 98.4 Å². The molecule has 16 heavy (non-hydrogen) atoms. The van der Waals surface area contributed by atoms with Crippen LogP contribution in [0.5, 0.6) is 0 Å². The van der Waals surface area contributed by atoms with Crippen LogP contribution in [0, 0.1) is 0 Å². The number of carbonyl (C=O) groups excluding carboxylic acids is 1. The fourth-order valence-electron chi connectivity index (χ4n) is 4.16. The zero-order valence-corrected chi connectivity index (χ0v) is 10.2. The Morgan fingerprint density at radius 2 is 1.31 bits per heavy atom. The quantitative estimate of drug-likeness (QED) is 0.635. The van der Waals surface area contributed by atoms with E-state index in [0.717, 1.165) is 18.9 Å². The van der Waals surface area contributed by atoms with Crippen LogP contribution in [-0.4, -0.2) is 28.8 Å². The third-order valence-corrected chi connectivity index (χ3v) is 4.85. The minimum Gasteiger partial charge on any atom is -0.300 e. The largest absolute Gasteiger partial charge is 0.300 e. The van der Waals surface area contributed by atoms with Crippen LogP contribution in [0.4, 0.5) is 0 Å². The maximum atomic E-state index is 11.6. The van der Waals surface area contributed by atoms with Crippen LogP contribution < -0.4 is 0 Å². The molecule has 2 saturated heterocycles. The molecule has 3 aliphatic rings. The third kappa shape index (κ3) is 1.92. The molecule has 2 nitrogen and oxygen atoms in total. The molecule has 0 aromatic carbocycles. The molecular weight excluding hydrogens is 198 g/mol. The van der Waals surface area contributed by atoms with Gasteiger partial charge in [-0.3, -0.25) is 9.69 Å². The molecule has 0 radical (unpaired) electrons. The number of rotatable bonds is 1. The zero-order chi connectivity index (χ0) is 11.0. The van der Waals surface area contributed by atoms with E-state index in [1.54, 1.807) is 0 Å². The summed E-state index contributed by atoms with van der Waals surface area (Å²) in [5, 5.41) is 0. The lowest BCUT2D eigenvalue weighted by Crippen LogP contribution is -2.48. The molecule has 2 heterocycles. The number of fused-ring (bicyclic) bond motifs is 2. The highest BCUT2D eigenvalue weighted by Gasteiger charge is 2.42. The van der Waals surface area contributed by atoms with Crippen LogP contribution in [-0.2, 0) is 4.79 Å². The summed E-state index contributed by atoms with van der Waals surface area (Å²) in [4.78, 5) is 14.4. The van der Waals surface area contributed by atoms with Crippen molar-refractivity contribution in [2.45, 2.75) is 82.3 Å². The van der Waals surface area contributed by atoms with Gasteiger partial charge >= 0.3 is 0 Å². The fraction of sp³-hybridized carbons (Fsp3) is 0.929. The van der Waals surface area contributed by atoms with Gasteiger partial charge in [-0.1, -0.05) is 25.7 Å². The van der Waals surface area contributed by atoms with Crippen LogP contribution in [0.2, 0.25) is 0 Å². The first-order valence-electron chi connectivity index (χ1n) is 7.14. The van der Waals surface area contributed by atoms with E-state index < -0.39 is 0 Å². The lowest BCUT2D eigenvalue weighted by molar-refractivity contribution is -0.124. The van der Waals surface area contributed by atoms with Crippen molar-refractivity contribution in [2.24, 2.45) is 0 Å². The monoisotopic (exact) mass is 221 g/mol. The van der Waals surface area contributed by atoms with Crippen LogP contribution >= 0.6 is 0 Å². The number of nitrogens with zero attached hydrogens (tertiary/aromatic N) is 1. The fourth-order valence-corrected chi connectivity index (χ4v) is 4.16. The topological polar surface area (TPSA) is 20.3 Å². The van der Waals surface area contributed by atoms with Crippen molar-refractivity contribution < 1.29 is 4.79 Å². The molecule has 1 saturated carbocycles. The molecule has 1 aliphatic carbocycles. The normalized spacial score (nSPS) is 37.6. The van der Waals surface area contributed by atoms with E-state index in [1.807, 2.05) is 0 Å². The Morgan fingerprint density at radius 3 is 1.88 bits per heavy atom. The first-order valence-corrected chi connectivity index (χ1v) is 7.14. The lowest BCUT2D eigenvalue weighted by atomic mass is 9.96. The van der Waals surface area contributed by atoms with E-state index >= 15 is 0 Å². The van der Waals surface area contributed by atoms with Crippen molar-refractivity contribution in [3.05, 3.63) is 0 Å². The number of piperidine rings is 1. The molecular formula is C14H23NO. The van der Waals surface area contributed by atoms with Crippen molar-refractivity contribution in [1.29, 1.82) is 0 Å². The molecule has 3 rings (SSSR count). The minimum atomic E-state index is 0.525. The minimum absolute atomic E-state index is 0.525. The van der Waals surface area contributed by atoms with Gasteiger partial charge in [0.15, 0.2) is 0 Å². The first-order chi connectivity index (χ1) is 7.84. The third-order valence-electron chi connectivity index (χ3n) is 4.85. The molecule has 2 bridgehead atoms. The molecule has 0 aromatic heterocycles. The summed E-state index contributed by atoms with van der Waals surface area (Å²) in [6, 6.07) is 2.05. The highest BCUT2D eigenvalue weighted by molar-refractivity contribution is 5.81. The van der Waals surface area contributed by atoms with Crippen LogP contribution in [0.3, 0.4) is 0 Å². The molecule has 0 N–H and O–H groups in total. The van der Waals surface area contributed by atoms with E-state index in [9.17, 15) is 4.79 Å². The Morgan fingerprint density at radius 1 is 0.750 bits per heavy atom. The molecule has 0 amide bonds. The number of ketones is 1. The maximum Gasteiger partial charge on any atom is 0.136 e. The standard InChI is InChI=1S/C14H23NO/c16-14-9-12-7-8-13(10-14)15(12)11-5-3-1-2-4-6-11/h11-13H,1-10H2. The summed E-state index contributed by atoms with van der Waals surface area (Å²) in [5.41, 5.74) is 0. The van der Waals surface area contributed by atoms with Gasteiger partial charge in [0.2, 0.25) is 0 Å². The molecule has 2 heteroatoms. The molecule has 3 fully saturated rings. The van der Waals surface area contributed by atoms with Crippen molar-refractivity contribution >= 4 is 5.78 Å². The summed E-state index contributed by atoms with van der Waals surface area (Å²) in [5.74, 6) is 0.525. The smallest absolute Gasteiger partial charge is 0.136 e. The van der Waals surface area contributed by atoms with Gasteiger partial charge in [0.05, 0.1) is 0 Å². The van der Waals surface area contributed by atoms with Gasteiger partial charge in [-0.2, -0.15) is 0 Å². The van der Waals surface area contributed by atoms with Gasteiger partial charge in [0, 0.05) is 31.0 Å². The van der Waals surface area contributed by atoms with Crippen LogP contribution in [0.1, 0.15) is 64.2 Å². The van der Waals surface area contributed by atoms with Gasteiger partial charge in [0.1, 0.15) is 5.78 Å². The van der Waals surface area contributed by atoms with Crippen molar-refractivity contribution in [1.82, 2.24) is 4.90 Å². The number of carbonyl (C=O) groups is 1. The van der Waals surface area contributed by atoms with Gasteiger partial charge in [-0.05, 0) is 25.7 Å². The molecule has 90 valence electrons. The summed E-state index contributed by atoms with van der Waals surface area (Å²) in [6.45, 7) is 0. The molecule has 2 unspecified atom stereocenters. The Kier molecular flexibility index (Phi) is 3.01. The first kappa shape index (κ1) is 10.8. The van der Waals surface area contributed by atoms with Crippen LogP contribution in [0.25, 0.3) is 0 Å². The van der Waals surface area contributed by atoms with Gasteiger partial charge in [-0.15, -0.1) is 0 Å². The average Bonchev–Trinajstić information content (AvgIpc) is 2.49. The Hall–Kier alpha value is -0.370. The summed E-state index contributed by atoms with van der Waals surface area (Å²) < 4.78 is 0. The Balaban J connectivity index is 1.71.